The number of hydrogen-bond donors (Lipinski definition) is 3. The molecule has 1 unspecified atom stereocenters. The van der Waals surface area contributed by atoms with E-state index in [4.69, 9.17) is 0 Å². The first kappa shape index (κ1) is 14.0. The molecular weight excluding hydrogens is 258 g/mol. The smallest absolute Gasteiger partial charge is 0.321 e. The highest BCUT2D eigenvalue weighted by Gasteiger charge is 2.09. The van der Waals surface area contributed by atoms with E-state index in [1.54, 1.807) is 7.05 Å². The Hall–Kier alpha value is -2.41. The predicted molar refractivity (Wildman–Crippen MR) is 74.0 cm³/mol. The van der Waals surface area contributed by atoms with E-state index in [0.29, 0.717) is 18.9 Å². The van der Waals surface area contributed by atoms with Crippen molar-refractivity contribution < 1.29 is 9.90 Å². The van der Waals surface area contributed by atoms with Gasteiger partial charge in [0, 0.05) is 13.6 Å². The summed E-state index contributed by atoms with van der Waals surface area (Å²) in [6.45, 7) is 0.361. The van der Waals surface area contributed by atoms with E-state index < -0.39 is 6.10 Å². The molecule has 0 aliphatic rings. The number of rotatable bonds is 5. The molecule has 0 saturated heterocycles. The van der Waals surface area contributed by atoms with Gasteiger partial charge in [-0.2, -0.15) is 10.1 Å². The van der Waals surface area contributed by atoms with E-state index in [0.717, 1.165) is 5.56 Å². The monoisotopic (exact) mass is 275 g/mol. The summed E-state index contributed by atoms with van der Waals surface area (Å²) in [5.41, 5.74) is 0.836. The van der Waals surface area contributed by atoms with E-state index in [1.807, 2.05) is 30.3 Å². The molecule has 0 fully saturated rings. The molecule has 2 aromatic rings. The zero-order valence-electron chi connectivity index (χ0n) is 11.2. The molecule has 2 amide bonds. The first-order chi connectivity index (χ1) is 9.66. The summed E-state index contributed by atoms with van der Waals surface area (Å²) in [5, 5.41) is 19.0. The number of amides is 2. The molecule has 7 nitrogen and oxygen atoms in total. The molecule has 1 aromatic heterocycles. The highest BCUT2D eigenvalue weighted by atomic mass is 16.3. The number of aliphatic hydroxyl groups is 1. The van der Waals surface area contributed by atoms with Crippen LogP contribution in [0.3, 0.4) is 0 Å². The van der Waals surface area contributed by atoms with Gasteiger partial charge in [0.2, 0.25) is 5.95 Å². The van der Waals surface area contributed by atoms with Crippen molar-refractivity contribution >= 4 is 12.0 Å². The third kappa shape index (κ3) is 3.79. The normalized spacial score (nSPS) is 11.9. The van der Waals surface area contributed by atoms with Crippen LogP contribution in [0.1, 0.15) is 18.1 Å². The Balaban J connectivity index is 1.73. The number of aromatic nitrogens is 3. The molecule has 0 radical (unpaired) electrons. The van der Waals surface area contributed by atoms with Gasteiger partial charge < -0.3 is 10.4 Å². The van der Waals surface area contributed by atoms with Gasteiger partial charge in [-0.05, 0) is 12.0 Å². The molecule has 106 valence electrons. The number of benzene rings is 1. The van der Waals surface area contributed by atoms with Gasteiger partial charge in [-0.25, -0.2) is 9.48 Å². The van der Waals surface area contributed by atoms with Gasteiger partial charge in [-0.1, -0.05) is 30.3 Å². The van der Waals surface area contributed by atoms with E-state index in [9.17, 15) is 9.90 Å². The quantitative estimate of drug-likeness (QED) is 0.760. The fourth-order valence-electron chi connectivity index (χ4n) is 1.72. The van der Waals surface area contributed by atoms with Crippen LogP contribution < -0.4 is 10.6 Å². The molecule has 3 N–H and O–H groups in total. The van der Waals surface area contributed by atoms with Gasteiger partial charge in [0.05, 0.1) is 6.10 Å². The van der Waals surface area contributed by atoms with Crippen LogP contribution in [0.4, 0.5) is 10.7 Å². The van der Waals surface area contributed by atoms with Crippen molar-refractivity contribution in [2.24, 2.45) is 7.05 Å². The topological polar surface area (TPSA) is 92.1 Å². The molecule has 0 aliphatic carbocycles. The second kappa shape index (κ2) is 6.67. The summed E-state index contributed by atoms with van der Waals surface area (Å²) in [6, 6.07) is 8.96. The average Bonchev–Trinajstić information content (AvgIpc) is 2.85. The maximum absolute atomic E-state index is 11.6. The Bertz CT molecular complexity index is 555. The van der Waals surface area contributed by atoms with Crippen LogP contribution in [0, 0.1) is 0 Å². The van der Waals surface area contributed by atoms with Gasteiger partial charge in [0.25, 0.3) is 0 Å². The molecular formula is C13H17N5O2. The standard InChI is InChI=1S/C13H17N5O2/c1-18-12(15-9-16-18)17-13(20)14-8-7-11(19)10-5-3-2-4-6-10/h2-6,9,11,19H,7-8H2,1H3,(H2,14,15,16,17,20). The largest absolute Gasteiger partial charge is 0.388 e. The molecule has 0 saturated carbocycles. The van der Waals surface area contributed by atoms with E-state index in [-0.39, 0.29) is 6.03 Å². The van der Waals surface area contributed by atoms with Gasteiger partial charge in [0.1, 0.15) is 6.33 Å². The zero-order valence-corrected chi connectivity index (χ0v) is 11.2. The highest BCUT2D eigenvalue weighted by Crippen LogP contribution is 2.14. The minimum atomic E-state index is -0.591. The van der Waals surface area contributed by atoms with Crippen molar-refractivity contribution in [1.82, 2.24) is 20.1 Å². The maximum Gasteiger partial charge on any atom is 0.321 e. The zero-order chi connectivity index (χ0) is 14.4. The molecule has 2 rings (SSSR count). The lowest BCUT2D eigenvalue weighted by atomic mass is 10.1. The molecule has 20 heavy (non-hydrogen) atoms. The number of carbonyl (C=O) groups is 1. The highest BCUT2D eigenvalue weighted by molar-refractivity contribution is 5.87. The van der Waals surface area contributed by atoms with E-state index >= 15 is 0 Å². The summed E-state index contributed by atoms with van der Waals surface area (Å²) in [4.78, 5) is 15.5. The van der Waals surface area contributed by atoms with Crippen LogP contribution >= 0.6 is 0 Å². The number of anilines is 1. The third-order valence-electron chi connectivity index (χ3n) is 2.82. The Kier molecular flexibility index (Phi) is 4.67. The second-order valence-corrected chi connectivity index (χ2v) is 4.30. The SMILES string of the molecule is Cn1ncnc1NC(=O)NCCC(O)c1ccccc1. The maximum atomic E-state index is 11.6. The summed E-state index contributed by atoms with van der Waals surface area (Å²) < 4.78 is 1.46. The number of nitrogens with zero attached hydrogens (tertiary/aromatic N) is 3. The number of urea groups is 1. The van der Waals surface area contributed by atoms with Crippen molar-refractivity contribution in [3.63, 3.8) is 0 Å². The lowest BCUT2D eigenvalue weighted by molar-refractivity contribution is 0.167. The van der Waals surface area contributed by atoms with Crippen molar-refractivity contribution in [3.05, 3.63) is 42.2 Å². The minimum Gasteiger partial charge on any atom is -0.388 e. The lowest BCUT2D eigenvalue weighted by Gasteiger charge is -2.11. The Morgan fingerprint density at radius 2 is 2.15 bits per heavy atom. The molecule has 0 bridgehead atoms. The van der Waals surface area contributed by atoms with Crippen LogP contribution in [0.25, 0.3) is 0 Å². The molecule has 1 atom stereocenters. The van der Waals surface area contributed by atoms with Gasteiger partial charge in [-0.15, -0.1) is 0 Å². The Morgan fingerprint density at radius 1 is 1.40 bits per heavy atom. The molecule has 7 heteroatoms. The fourth-order valence-corrected chi connectivity index (χ4v) is 1.72. The van der Waals surface area contributed by atoms with Gasteiger partial charge in [-0.3, -0.25) is 5.32 Å². The molecule has 1 aromatic carbocycles. The van der Waals surface area contributed by atoms with Crippen LogP contribution in [-0.4, -0.2) is 32.4 Å². The van der Waals surface area contributed by atoms with Crippen molar-refractivity contribution in [3.8, 4) is 0 Å². The lowest BCUT2D eigenvalue weighted by Crippen LogP contribution is -2.31. The molecule has 1 heterocycles. The Labute approximate surface area is 116 Å². The number of carbonyl (C=O) groups excluding carboxylic acids is 1. The van der Waals surface area contributed by atoms with Crippen molar-refractivity contribution in [2.75, 3.05) is 11.9 Å². The first-order valence-corrected chi connectivity index (χ1v) is 6.28. The first-order valence-electron chi connectivity index (χ1n) is 6.28. The van der Waals surface area contributed by atoms with E-state index in [2.05, 4.69) is 20.7 Å². The molecule has 0 spiro atoms. The van der Waals surface area contributed by atoms with Crippen LogP contribution in [-0.2, 0) is 7.05 Å². The number of aryl methyl sites for hydroxylation is 1. The number of aliphatic hydroxyl groups excluding tert-OH is 1. The average molecular weight is 275 g/mol. The summed E-state index contributed by atoms with van der Waals surface area (Å²) >= 11 is 0. The van der Waals surface area contributed by atoms with Crippen LogP contribution in [0.5, 0.6) is 0 Å². The van der Waals surface area contributed by atoms with Crippen molar-refractivity contribution in [2.45, 2.75) is 12.5 Å². The van der Waals surface area contributed by atoms with Crippen molar-refractivity contribution in [1.29, 1.82) is 0 Å². The van der Waals surface area contributed by atoms with Crippen LogP contribution in [0.2, 0.25) is 0 Å². The third-order valence-corrected chi connectivity index (χ3v) is 2.82. The molecule has 0 aliphatic heterocycles. The number of hydrogen-bond acceptors (Lipinski definition) is 4. The second-order valence-electron chi connectivity index (χ2n) is 4.30. The van der Waals surface area contributed by atoms with E-state index in [1.165, 1.54) is 11.0 Å². The number of nitrogens with one attached hydrogen (secondary N) is 2. The fraction of sp³-hybridized carbons (Fsp3) is 0.308. The summed E-state index contributed by atoms with van der Waals surface area (Å²) in [6.07, 6.45) is 1.21. The summed E-state index contributed by atoms with van der Waals surface area (Å²) in [5.74, 6) is 0.367. The minimum absolute atomic E-state index is 0.361. The predicted octanol–water partition coefficient (Wildman–Crippen LogP) is 1.06. The van der Waals surface area contributed by atoms with Crippen LogP contribution in [0.15, 0.2) is 36.7 Å². The summed E-state index contributed by atoms with van der Waals surface area (Å²) in [7, 11) is 1.68. The Morgan fingerprint density at radius 3 is 2.80 bits per heavy atom. The van der Waals surface area contributed by atoms with Gasteiger partial charge >= 0.3 is 6.03 Å². The van der Waals surface area contributed by atoms with Gasteiger partial charge in [0.15, 0.2) is 0 Å².